The van der Waals surface area contributed by atoms with Gasteiger partial charge in [0.2, 0.25) is 0 Å². The fourth-order valence-electron chi connectivity index (χ4n) is 8.45. The molecule has 0 aromatic rings. The largest absolute Gasteiger partial charge is 0.472 e. The topological polar surface area (TPSA) is 108 Å². The SMILES string of the molecule is CCCCCCCCCC/C=C\CCCCCCCCCCCC(=O)OC(COC(=O)CCCCCCCCCCCCCCCCCCCCCCCCC)COP(=O)(O)OCC. The molecule has 0 bridgehead atoms. The van der Waals surface area contributed by atoms with Crippen LogP contribution in [-0.2, 0) is 32.7 Å². The van der Waals surface area contributed by atoms with Crippen LogP contribution in [0.25, 0.3) is 0 Å². The van der Waals surface area contributed by atoms with Crippen LogP contribution in [0.4, 0.5) is 0 Å². The molecule has 9 heteroatoms. The summed E-state index contributed by atoms with van der Waals surface area (Å²) in [6, 6.07) is 0. The molecule has 8 nitrogen and oxygen atoms in total. The zero-order valence-corrected chi connectivity index (χ0v) is 43.6. The lowest BCUT2D eigenvalue weighted by atomic mass is 10.0. The van der Waals surface area contributed by atoms with Crippen LogP contribution in [0.1, 0.15) is 303 Å². The molecule has 0 amide bonds. The van der Waals surface area contributed by atoms with E-state index >= 15 is 0 Å². The van der Waals surface area contributed by atoms with Crippen molar-refractivity contribution in [2.75, 3.05) is 19.8 Å². The number of esters is 2. The van der Waals surface area contributed by atoms with Gasteiger partial charge in [-0.1, -0.05) is 257 Å². The van der Waals surface area contributed by atoms with Crippen molar-refractivity contribution in [2.45, 2.75) is 309 Å². The predicted octanol–water partition coefficient (Wildman–Crippen LogP) is 18.4. The van der Waals surface area contributed by atoms with Gasteiger partial charge in [-0.3, -0.25) is 18.6 Å². The van der Waals surface area contributed by atoms with Gasteiger partial charge in [-0.25, -0.2) is 4.57 Å². The number of ether oxygens (including phenoxy) is 2. The number of allylic oxidation sites excluding steroid dienone is 2. The molecule has 0 saturated heterocycles. The normalized spacial score (nSPS) is 13.1. The highest BCUT2D eigenvalue weighted by Gasteiger charge is 2.25. The third-order valence-corrected chi connectivity index (χ3v) is 13.6. The Labute approximate surface area is 397 Å². The van der Waals surface area contributed by atoms with Crippen molar-refractivity contribution in [1.29, 1.82) is 0 Å². The second kappa shape index (κ2) is 51.2. The second-order valence-electron chi connectivity index (χ2n) is 19.0. The fourth-order valence-corrected chi connectivity index (χ4v) is 9.21. The molecule has 0 aromatic heterocycles. The summed E-state index contributed by atoms with van der Waals surface area (Å²) in [4.78, 5) is 35.0. The Hall–Kier alpha value is -1.21. The molecule has 0 saturated carbocycles. The molecule has 0 aliphatic heterocycles. The molecule has 0 spiro atoms. The molecule has 2 atom stereocenters. The van der Waals surface area contributed by atoms with Crippen LogP contribution in [0.15, 0.2) is 12.2 Å². The first kappa shape index (κ1) is 62.8. The highest BCUT2D eigenvalue weighted by atomic mass is 31.2. The van der Waals surface area contributed by atoms with E-state index in [1.165, 1.54) is 231 Å². The number of phosphoric acid groups is 1. The third kappa shape index (κ3) is 50.2. The molecule has 0 aliphatic carbocycles. The lowest BCUT2D eigenvalue weighted by Gasteiger charge is -2.19. The van der Waals surface area contributed by atoms with E-state index in [0.29, 0.717) is 12.8 Å². The van der Waals surface area contributed by atoms with Crippen LogP contribution in [0, 0.1) is 0 Å². The molecule has 0 rings (SSSR count). The Bertz CT molecular complexity index is 1050. The van der Waals surface area contributed by atoms with E-state index in [9.17, 15) is 19.0 Å². The minimum Gasteiger partial charge on any atom is -0.462 e. The first-order valence-electron chi connectivity index (χ1n) is 28.0. The van der Waals surface area contributed by atoms with Gasteiger partial charge < -0.3 is 14.4 Å². The molecular formula is C55H107O8P. The molecular weight excluding hydrogens is 820 g/mol. The van der Waals surface area contributed by atoms with E-state index in [0.717, 1.165) is 32.1 Å². The number of rotatable bonds is 53. The van der Waals surface area contributed by atoms with Gasteiger partial charge >= 0.3 is 19.8 Å². The molecule has 0 heterocycles. The zero-order chi connectivity index (χ0) is 46.7. The smallest absolute Gasteiger partial charge is 0.462 e. The van der Waals surface area contributed by atoms with Crippen LogP contribution in [0.5, 0.6) is 0 Å². The van der Waals surface area contributed by atoms with Crippen molar-refractivity contribution < 1.29 is 37.6 Å². The van der Waals surface area contributed by atoms with Crippen molar-refractivity contribution in [3.8, 4) is 0 Å². The van der Waals surface area contributed by atoms with Gasteiger partial charge in [0, 0.05) is 12.8 Å². The summed E-state index contributed by atoms with van der Waals surface area (Å²) in [6.45, 7) is 5.55. The Morgan fingerprint density at radius 1 is 0.406 bits per heavy atom. The maximum atomic E-state index is 12.6. The molecule has 0 aromatic carbocycles. The van der Waals surface area contributed by atoms with Crippen molar-refractivity contribution >= 4 is 19.8 Å². The van der Waals surface area contributed by atoms with Gasteiger partial charge in [0.1, 0.15) is 6.61 Å². The summed E-state index contributed by atoms with van der Waals surface area (Å²) in [6.07, 6.45) is 58.6. The molecule has 64 heavy (non-hydrogen) atoms. The maximum Gasteiger partial charge on any atom is 0.472 e. The average Bonchev–Trinajstić information content (AvgIpc) is 3.28. The highest BCUT2D eigenvalue weighted by molar-refractivity contribution is 7.47. The Kier molecular flexibility index (Phi) is 50.2. The first-order chi connectivity index (χ1) is 31.3. The Morgan fingerprint density at radius 3 is 1.03 bits per heavy atom. The van der Waals surface area contributed by atoms with E-state index in [2.05, 4.69) is 26.0 Å². The Morgan fingerprint density at radius 2 is 0.703 bits per heavy atom. The minimum atomic E-state index is -4.28. The lowest BCUT2D eigenvalue weighted by molar-refractivity contribution is -0.161. The summed E-state index contributed by atoms with van der Waals surface area (Å²) in [5, 5.41) is 0. The van der Waals surface area contributed by atoms with Gasteiger partial charge in [-0.2, -0.15) is 0 Å². The molecule has 1 N–H and O–H groups in total. The maximum absolute atomic E-state index is 12.6. The molecule has 0 radical (unpaired) electrons. The molecule has 2 unspecified atom stereocenters. The number of hydrogen-bond donors (Lipinski definition) is 1. The summed E-state index contributed by atoms with van der Waals surface area (Å²) in [5.41, 5.74) is 0. The Balaban J connectivity index is 3.89. The van der Waals surface area contributed by atoms with E-state index in [1.54, 1.807) is 6.92 Å². The highest BCUT2D eigenvalue weighted by Crippen LogP contribution is 2.43. The monoisotopic (exact) mass is 927 g/mol. The van der Waals surface area contributed by atoms with Crippen LogP contribution in [-0.4, -0.2) is 42.8 Å². The van der Waals surface area contributed by atoms with Gasteiger partial charge in [0.15, 0.2) is 6.10 Å². The molecule has 0 fully saturated rings. The summed E-state index contributed by atoms with van der Waals surface area (Å²) in [7, 11) is -4.28. The van der Waals surface area contributed by atoms with Crippen LogP contribution >= 0.6 is 7.82 Å². The van der Waals surface area contributed by atoms with Crippen molar-refractivity contribution in [2.24, 2.45) is 0 Å². The summed E-state index contributed by atoms with van der Waals surface area (Å²) >= 11 is 0. The number of carbonyl (C=O) groups excluding carboxylic acids is 2. The van der Waals surface area contributed by atoms with Crippen LogP contribution in [0.2, 0.25) is 0 Å². The van der Waals surface area contributed by atoms with Crippen LogP contribution in [0.3, 0.4) is 0 Å². The second-order valence-corrected chi connectivity index (χ2v) is 20.4. The van der Waals surface area contributed by atoms with Crippen molar-refractivity contribution in [3.05, 3.63) is 12.2 Å². The van der Waals surface area contributed by atoms with Gasteiger partial charge in [0.25, 0.3) is 0 Å². The summed E-state index contributed by atoms with van der Waals surface area (Å²) < 4.78 is 32.9. The summed E-state index contributed by atoms with van der Waals surface area (Å²) in [5.74, 6) is -0.779. The van der Waals surface area contributed by atoms with Crippen molar-refractivity contribution in [1.82, 2.24) is 0 Å². The lowest BCUT2D eigenvalue weighted by Crippen LogP contribution is -2.29. The fraction of sp³-hybridized carbons (Fsp3) is 0.927. The third-order valence-electron chi connectivity index (χ3n) is 12.6. The predicted molar refractivity (Wildman–Crippen MR) is 272 cm³/mol. The first-order valence-corrected chi connectivity index (χ1v) is 29.5. The molecule has 380 valence electrons. The van der Waals surface area contributed by atoms with Gasteiger partial charge in [-0.05, 0) is 45.4 Å². The quantitative estimate of drug-likeness (QED) is 0.0278. The van der Waals surface area contributed by atoms with E-state index in [1.807, 2.05) is 0 Å². The van der Waals surface area contributed by atoms with E-state index < -0.39 is 19.9 Å². The molecule has 0 aliphatic rings. The van der Waals surface area contributed by atoms with E-state index in [4.69, 9.17) is 18.5 Å². The van der Waals surface area contributed by atoms with Gasteiger partial charge in [0.05, 0.1) is 13.2 Å². The van der Waals surface area contributed by atoms with E-state index in [-0.39, 0.29) is 32.2 Å². The number of carbonyl (C=O) groups is 2. The average molecular weight is 927 g/mol. The standard InChI is InChI=1S/C55H107O8P/c1-4-7-9-11-13-15-17-19-21-23-25-27-28-30-31-33-35-37-39-41-43-45-47-49-54(56)60-51-53(52-62-64(58,59)61-6-3)63-55(57)50-48-46-44-42-40-38-36-34-32-29-26-24-22-20-18-16-14-12-10-8-5-2/h24,26,53H,4-23,25,27-52H2,1-3H3,(H,58,59)/b26-24-. The van der Waals surface area contributed by atoms with Crippen molar-refractivity contribution in [3.63, 3.8) is 0 Å². The minimum absolute atomic E-state index is 0.00382. The number of unbranched alkanes of at least 4 members (excludes halogenated alkanes) is 39. The van der Waals surface area contributed by atoms with Gasteiger partial charge in [-0.15, -0.1) is 0 Å². The van der Waals surface area contributed by atoms with Crippen LogP contribution < -0.4 is 0 Å². The number of phosphoric ester groups is 1. The number of hydrogen-bond acceptors (Lipinski definition) is 7. The zero-order valence-electron chi connectivity index (χ0n) is 42.7.